The van der Waals surface area contributed by atoms with Crippen molar-refractivity contribution in [3.05, 3.63) is 17.0 Å². The van der Waals surface area contributed by atoms with Gasteiger partial charge in [0.2, 0.25) is 0 Å². The molecule has 1 heterocycles. The van der Waals surface area contributed by atoms with Gasteiger partial charge in [-0.3, -0.25) is 4.68 Å². The standard InChI is InChI=1S/C16H31N3O/c1-6-8-11-20-12-9-10-17-13(3)16-14(4)18-19(7-2)15(16)5/h13,17H,6-12H2,1-5H3. The summed E-state index contributed by atoms with van der Waals surface area (Å²) in [4.78, 5) is 0. The lowest BCUT2D eigenvalue weighted by Crippen LogP contribution is -2.22. The van der Waals surface area contributed by atoms with E-state index >= 15 is 0 Å². The number of aromatic nitrogens is 2. The Bertz CT molecular complexity index is 387. The van der Waals surface area contributed by atoms with E-state index in [9.17, 15) is 0 Å². The monoisotopic (exact) mass is 281 g/mol. The summed E-state index contributed by atoms with van der Waals surface area (Å²) in [5.74, 6) is 0. The van der Waals surface area contributed by atoms with Crippen molar-refractivity contribution in [2.24, 2.45) is 0 Å². The van der Waals surface area contributed by atoms with Crippen LogP contribution in [0, 0.1) is 13.8 Å². The van der Waals surface area contributed by atoms with Crippen LogP contribution in [0.25, 0.3) is 0 Å². The predicted molar refractivity (Wildman–Crippen MR) is 84.1 cm³/mol. The van der Waals surface area contributed by atoms with Gasteiger partial charge in [-0.25, -0.2) is 0 Å². The van der Waals surface area contributed by atoms with Crippen molar-refractivity contribution in [2.45, 2.75) is 66.5 Å². The van der Waals surface area contributed by atoms with Gasteiger partial charge in [-0.1, -0.05) is 13.3 Å². The summed E-state index contributed by atoms with van der Waals surface area (Å²) in [5.41, 5.74) is 3.77. The van der Waals surface area contributed by atoms with Crippen LogP contribution in [0.15, 0.2) is 0 Å². The zero-order valence-electron chi connectivity index (χ0n) is 13.8. The summed E-state index contributed by atoms with van der Waals surface area (Å²) in [6.45, 7) is 14.5. The van der Waals surface area contributed by atoms with Crippen molar-refractivity contribution < 1.29 is 4.74 Å². The van der Waals surface area contributed by atoms with Crippen molar-refractivity contribution in [2.75, 3.05) is 19.8 Å². The van der Waals surface area contributed by atoms with Crippen molar-refractivity contribution in [1.29, 1.82) is 0 Å². The molecule has 1 rings (SSSR count). The average Bonchev–Trinajstić information content (AvgIpc) is 2.72. The molecule has 0 aliphatic rings. The Labute approximate surface area is 123 Å². The van der Waals surface area contributed by atoms with Crippen LogP contribution in [-0.4, -0.2) is 29.5 Å². The van der Waals surface area contributed by atoms with E-state index in [4.69, 9.17) is 4.74 Å². The maximum Gasteiger partial charge on any atom is 0.0644 e. The number of nitrogens with one attached hydrogen (secondary N) is 1. The van der Waals surface area contributed by atoms with Gasteiger partial charge in [0, 0.05) is 37.1 Å². The average molecular weight is 281 g/mol. The van der Waals surface area contributed by atoms with Crippen LogP contribution in [0.5, 0.6) is 0 Å². The Morgan fingerprint density at radius 3 is 2.50 bits per heavy atom. The Morgan fingerprint density at radius 2 is 1.90 bits per heavy atom. The molecule has 20 heavy (non-hydrogen) atoms. The van der Waals surface area contributed by atoms with E-state index in [1.807, 2.05) is 0 Å². The van der Waals surface area contributed by atoms with Crippen molar-refractivity contribution in [3.63, 3.8) is 0 Å². The molecule has 1 N–H and O–H groups in total. The fourth-order valence-electron chi connectivity index (χ4n) is 2.59. The minimum atomic E-state index is 0.353. The number of rotatable bonds is 10. The normalized spacial score (nSPS) is 12.8. The number of unbranched alkanes of at least 4 members (excludes halogenated alkanes) is 1. The first-order valence-electron chi connectivity index (χ1n) is 7.96. The molecule has 1 atom stereocenters. The topological polar surface area (TPSA) is 39.1 Å². The fourth-order valence-corrected chi connectivity index (χ4v) is 2.59. The molecule has 0 spiro atoms. The van der Waals surface area contributed by atoms with Crippen molar-refractivity contribution in [1.82, 2.24) is 15.1 Å². The summed E-state index contributed by atoms with van der Waals surface area (Å²) in [5, 5.41) is 8.16. The lowest BCUT2D eigenvalue weighted by molar-refractivity contribution is 0.128. The molecular formula is C16H31N3O. The first-order chi connectivity index (χ1) is 9.61. The third-order valence-electron chi connectivity index (χ3n) is 3.73. The van der Waals surface area contributed by atoms with Crippen LogP contribution in [0.3, 0.4) is 0 Å². The molecule has 0 amide bonds. The summed E-state index contributed by atoms with van der Waals surface area (Å²) in [7, 11) is 0. The van der Waals surface area contributed by atoms with E-state index in [-0.39, 0.29) is 0 Å². The molecule has 116 valence electrons. The highest BCUT2D eigenvalue weighted by Crippen LogP contribution is 2.21. The maximum atomic E-state index is 5.57. The number of aryl methyl sites for hydroxylation is 2. The molecule has 0 aliphatic carbocycles. The molecule has 0 saturated carbocycles. The SMILES string of the molecule is CCCCOCCCNC(C)c1c(C)nn(CC)c1C. The Morgan fingerprint density at radius 1 is 1.20 bits per heavy atom. The van der Waals surface area contributed by atoms with Crippen LogP contribution >= 0.6 is 0 Å². The van der Waals surface area contributed by atoms with Gasteiger partial charge in [-0.05, 0) is 47.1 Å². The quantitative estimate of drug-likeness (QED) is 0.668. The van der Waals surface area contributed by atoms with Crippen LogP contribution in [0.2, 0.25) is 0 Å². The molecular weight excluding hydrogens is 250 g/mol. The van der Waals surface area contributed by atoms with Crippen LogP contribution in [0.1, 0.15) is 63.0 Å². The molecule has 1 unspecified atom stereocenters. The highest BCUT2D eigenvalue weighted by Gasteiger charge is 2.16. The number of ether oxygens (including phenoxy) is 1. The minimum absolute atomic E-state index is 0.353. The summed E-state index contributed by atoms with van der Waals surface area (Å²) >= 11 is 0. The summed E-state index contributed by atoms with van der Waals surface area (Å²) in [6, 6.07) is 0.353. The number of nitrogens with zero attached hydrogens (tertiary/aromatic N) is 2. The van der Waals surface area contributed by atoms with E-state index in [1.165, 1.54) is 24.1 Å². The highest BCUT2D eigenvalue weighted by molar-refractivity contribution is 5.27. The first kappa shape index (κ1) is 17.2. The Kier molecular flexibility index (Phi) is 7.85. The van der Waals surface area contributed by atoms with Gasteiger partial charge in [0.15, 0.2) is 0 Å². The second-order valence-electron chi connectivity index (χ2n) is 5.40. The summed E-state index contributed by atoms with van der Waals surface area (Å²) in [6.07, 6.45) is 3.43. The predicted octanol–water partition coefficient (Wildman–Crippen LogP) is 3.38. The largest absolute Gasteiger partial charge is 0.381 e. The third-order valence-corrected chi connectivity index (χ3v) is 3.73. The zero-order valence-corrected chi connectivity index (χ0v) is 13.8. The molecule has 0 aromatic carbocycles. The molecule has 4 nitrogen and oxygen atoms in total. The van der Waals surface area contributed by atoms with Crippen LogP contribution in [0.4, 0.5) is 0 Å². The lowest BCUT2D eigenvalue weighted by atomic mass is 10.1. The summed E-state index contributed by atoms with van der Waals surface area (Å²) < 4.78 is 7.65. The zero-order chi connectivity index (χ0) is 15.0. The van der Waals surface area contributed by atoms with E-state index in [1.54, 1.807) is 0 Å². The van der Waals surface area contributed by atoms with E-state index < -0.39 is 0 Å². The van der Waals surface area contributed by atoms with Gasteiger partial charge in [-0.2, -0.15) is 5.10 Å². The fraction of sp³-hybridized carbons (Fsp3) is 0.812. The van der Waals surface area contributed by atoms with Crippen LogP contribution in [-0.2, 0) is 11.3 Å². The van der Waals surface area contributed by atoms with Crippen molar-refractivity contribution >= 4 is 0 Å². The Hall–Kier alpha value is -0.870. The van der Waals surface area contributed by atoms with Gasteiger partial charge in [-0.15, -0.1) is 0 Å². The molecule has 0 saturated heterocycles. The van der Waals surface area contributed by atoms with Gasteiger partial charge >= 0.3 is 0 Å². The highest BCUT2D eigenvalue weighted by atomic mass is 16.5. The first-order valence-corrected chi connectivity index (χ1v) is 7.96. The lowest BCUT2D eigenvalue weighted by Gasteiger charge is -2.15. The smallest absolute Gasteiger partial charge is 0.0644 e. The maximum absolute atomic E-state index is 5.57. The molecule has 1 aromatic heterocycles. The van der Waals surface area contributed by atoms with E-state index in [2.05, 4.69) is 49.7 Å². The third kappa shape index (κ3) is 4.91. The molecule has 1 aromatic rings. The molecule has 0 bridgehead atoms. The van der Waals surface area contributed by atoms with Gasteiger partial charge in [0.1, 0.15) is 0 Å². The Balaban J connectivity index is 2.32. The molecule has 0 fully saturated rings. The van der Waals surface area contributed by atoms with E-state index in [0.29, 0.717) is 6.04 Å². The molecule has 0 radical (unpaired) electrons. The van der Waals surface area contributed by atoms with E-state index in [0.717, 1.165) is 38.4 Å². The van der Waals surface area contributed by atoms with Crippen molar-refractivity contribution in [3.8, 4) is 0 Å². The molecule has 4 heteroatoms. The van der Waals surface area contributed by atoms with Crippen LogP contribution < -0.4 is 5.32 Å². The second-order valence-corrected chi connectivity index (χ2v) is 5.40. The van der Waals surface area contributed by atoms with Gasteiger partial charge in [0.05, 0.1) is 5.69 Å². The number of hydrogen-bond acceptors (Lipinski definition) is 3. The van der Waals surface area contributed by atoms with Gasteiger partial charge < -0.3 is 10.1 Å². The minimum Gasteiger partial charge on any atom is -0.381 e. The number of hydrogen-bond donors (Lipinski definition) is 1. The second kappa shape index (κ2) is 9.14. The van der Waals surface area contributed by atoms with Gasteiger partial charge in [0.25, 0.3) is 0 Å². The molecule has 0 aliphatic heterocycles.